The number of amides is 1. The van der Waals surface area contributed by atoms with Crippen molar-refractivity contribution < 1.29 is 42.0 Å². The van der Waals surface area contributed by atoms with Crippen molar-refractivity contribution in [3.05, 3.63) is 152 Å². The Morgan fingerprint density at radius 2 is 1.61 bits per heavy atom. The number of rotatable bonds is 15. The summed E-state index contributed by atoms with van der Waals surface area (Å²) < 4.78 is 56.6. The lowest BCUT2D eigenvalue weighted by molar-refractivity contribution is -0.0490. The molecular formula is C40H38ClFN5O10PS. The van der Waals surface area contributed by atoms with Gasteiger partial charge in [-0.15, -0.1) is 11.8 Å². The number of benzene rings is 3. The van der Waals surface area contributed by atoms with Crippen molar-refractivity contribution in [2.24, 2.45) is 0 Å². The maximum atomic E-state index is 16.5. The highest BCUT2D eigenvalue weighted by Gasteiger charge is 2.51. The van der Waals surface area contributed by atoms with Gasteiger partial charge in [0.15, 0.2) is 12.0 Å². The second-order valence-electron chi connectivity index (χ2n) is 13.6. The number of phosphoric acid groups is 1. The number of hydrogen-bond donors (Lipinski definition) is 2. The molecule has 8 atom stereocenters. The number of nitrogens with one attached hydrogen (secondary N) is 1. The van der Waals surface area contributed by atoms with E-state index in [0.717, 1.165) is 20.9 Å². The lowest BCUT2D eigenvalue weighted by Gasteiger charge is -2.27. The van der Waals surface area contributed by atoms with Gasteiger partial charge in [-0.05, 0) is 42.8 Å². The lowest BCUT2D eigenvalue weighted by Crippen LogP contribution is -2.35. The molecule has 0 aliphatic carbocycles. The molecule has 2 aliphatic rings. The molecule has 4 heterocycles. The number of alkyl halides is 1. The summed E-state index contributed by atoms with van der Waals surface area (Å²) in [6.45, 7) is 1.18. The van der Waals surface area contributed by atoms with Crippen LogP contribution in [0.1, 0.15) is 57.8 Å². The van der Waals surface area contributed by atoms with Crippen LogP contribution in [0.5, 0.6) is 5.75 Å². The Labute approximate surface area is 346 Å². The Balaban J connectivity index is 1.05. The SMILES string of the molecule is CC[C@H]1S[C@@H](n2ccc(NC(=O)c3ccccc3)nc2=O)[C@@H](F)[C@@H]1OP(=O)(OC[C@H]1O[C@@H](n2ccc(CC(=O)c3ccccc3)nc2=O)C[C@@H]1O)Oc1ccccc1Cl. The first-order chi connectivity index (χ1) is 28.4. The summed E-state index contributed by atoms with van der Waals surface area (Å²) >= 11 is 7.39. The molecule has 0 radical (unpaired) electrons. The number of phosphoric ester groups is 1. The Morgan fingerprint density at radius 3 is 2.29 bits per heavy atom. The van der Waals surface area contributed by atoms with E-state index in [1.807, 2.05) is 0 Å². The molecule has 2 N–H and O–H groups in total. The molecule has 2 saturated heterocycles. The van der Waals surface area contributed by atoms with E-state index in [1.165, 1.54) is 36.7 Å². The van der Waals surface area contributed by atoms with Crippen molar-refractivity contribution in [1.82, 2.24) is 19.1 Å². The van der Waals surface area contributed by atoms with Gasteiger partial charge in [0.05, 0.1) is 29.8 Å². The Morgan fingerprint density at radius 1 is 0.949 bits per heavy atom. The number of anilines is 1. The van der Waals surface area contributed by atoms with E-state index in [-0.39, 0.29) is 40.9 Å². The average molecular weight is 866 g/mol. The molecule has 2 fully saturated rings. The zero-order valence-electron chi connectivity index (χ0n) is 31.3. The van der Waals surface area contributed by atoms with Gasteiger partial charge in [0.1, 0.15) is 35.4 Å². The van der Waals surface area contributed by atoms with Crippen molar-refractivity contribution in [2.75, 3.05) is 11.9 Å². The molecular weight excluding hydrogens is 828 g/mol. The van der Waals surface area contributed by atoms with Crippen molar-refractivity contribution in [3.8, 4) is 5.75 Å². The number of halogens is 2. The van der Waals surface area contributed by atoms with Gasteiger partial charge in [0.2, 0.25) is 0 Å². The molecule has 59 heavy (non-hydrogen) atoms. The topological polar surface area (TPSA) is 190 Å². The van der Waals surface area contributed by atoms with Crippen LogP contribution in [0.2, 0.25) is 5.02 Å². The van der Waals surface area contributed by atoms with E-state index in [2.05, 4.69) is 15.3 Å². The number of ether oxygens (including phenoxy) is 1. The van der Waals surface area contributed by atoms with Crippen LogP contribution < -0.4 is 21.2 Å². The highest BCUT2D eigenvalue weighted by atomic mass is 35.5. The Kier molecular flexibility index (Phi) is 13.2. The third-order valence-electron chi connectivity index (χ3n) is 9.59. The number of para-hydroxylation sites is 1. The summed E-state index contributed by atoms with van der Waals surface area (Å²) in [5.41, 5.74) is -0.474. The average Bonchev–Trinajstić information content (AvgIpc) is 3.76. The zero-order valence-corrected chi connectivity index (χ0v) is 33.8. The van der Waals surface area contributed by atoms with Crippen LogP contribution in [0.15, 0.2) is 119 Å². The second kappa shape index (κ2) is 18.5. The standard InChI is InChI=1S/C40H38ClFN5O10PS/c1-2-32-36(35(42)38(59-32)47-20-18-33(45-40(47)52)44-37(50)25-13-7-4-8-14-25)57-58(53,56-30-16-10-9-15-27(30)41)54-23-31-29(49)22-34(55-31)46-19-17-26(43-39(46)51)21-28(48)24-11-5-3-6-12-24/h3-20,29,31-32,34-36,38,49H,2,21-23H2,1H3,(H,44,45,50,52)/t29-,31+,32+,34+,35-,36+,38+,58?/m0/s1. The fraction of sp³-hybridized carbons (Fsp3) is 0.300. The fourth-order valence-corrected chi connectivity index (χ4v) is 9.82. The van der Waals surface area contributed by atoms with E-state index >= 15 is 4.39 Å². The molecule has 15 nitrogen and oxygen atoms in total. The van der Waals surface area contributed by atoms with Crippen LogP contribution >= 0.6 is 31.2 Å². The quantitative estimate of drug-likeness (QED) is 0.0866. The molecule has 0 saturated carbocycles. The minimum absolute atomic E-state index is 0.0311. The van der Waals surface area contributed by atoms with E-state index in [4.69, 9.17) is 29.9 Å². The normalized spacial score (nSPS) is 23.7. The van der Waals surface area contributed by atoms with Gasteiger partial charge in [-0.2, -0.15) is 9.97 Å². The molecule has 2 aromatic heterocycles. The number of nitrogens with zero attached hydrogens (tertiary/aromatic N) is 4. The summed E-state index contributed by atoms with van der Waals surface area (Å²) in [5, 5.41) is 11.7. The molecule has 5 aromatic rings. The number of aromatic nitrogens is 4. The predicted octanol–water partition coefficient (Wildman–Crippen LogP) is 6.43. The van der Waals surface area contributed by atoms with Gasteiger partial charge in [0.25, 0.3) is 5.91 Å². The largest absolute Gasteiger partial charge is 0.530 e. The number of aliphatic hydroxyl groups excluding tert-OH is 1. The molecule has 19 heteroatoms. The molecule has 308 valence electrons. The summed E-state index contributed by atoms with van der Waals surface area (Å²) in [6.07, 6.45) is -3.89. The smallest absolute Gasteiger partial charge is 0.402 e. The van der Waals surface area contributed by atoms with E-state index in [0.29, 0.717) is 17.5 Å². The van der Waals surface area contributed by atoms with Crippen LogP contribution in [0.25, 0.3) is 0 Å². The van der Waals surface area contributed by atoms with Crippen molar-refractivity contribution in [3.63, 3.8) is 0 Å². The van der Waals surface area contributed by atoms with Crippen molar-refractivity contribution in [2.45, 2.75) is 67.5 Å². The third-order valence-corrected chi connectivity index (χ3v) is 13.0. The fourth-order valence-electron chi connectivity index (χ4n) is 6.55. The van der Waals surface area contributed by atoms with Crippen LogP contribution in [0, 0.1) is 0 Å². The summed E-state index contributed by atoms with van der Waals surface area (Å²) in [6, 6.07) is 25.9. The first-order valence-electron chi connectivity index (χ1n) is 18.5. The highest BCUT2D eigenvalue weighted by Crippen LogP contribution is 2.57. The minimum atomic E-state index is -4.81. The highest BCUT2D eigenvalue weighted by molar-refractivity contribution is 8.00. The summed E-state index contributed by atoms with van der Waals surface area (Å²) in [7, 11) is -4.81. The number of carbonyl (C=O) groups excluding carboxylic acids is 2. The molecule has 0 bridgehead atoms. The molecule has 3 aromatic carbocycles. The van der Waals surface area contributed by atoms with E-state index in [1.54, 1.807) is 79.7 Å². The third kappa shape index (κ3) is 9.90. The van der Waals surface area contributed by atoms with Gasteiger partial charge in [-0.3, -0.25) is 27.8 Å². The molecule has 1 unspecified atom stereocenters. The van der Waals surface area contributed by atoms with Crippen LogP contribution in [0.4, 0.5) is 10.2 Å². The maximum absolute atomic E-state index is 16.5. The predicted molar refractivity (Wildman–Crippen MR) is 217 cm³/mol. The Bertz CT molecular complexity index is 2470. The van der Waals surface area contributed by atoms with Crippen LogP contribution in [-0.4, -0.2) is 72.2 Å². The number of carbonyl (C=O) groups is 2. The molecule has 7 rings (SSSR count). The lowest BCUT2D eigenvalue weighted by atomic mass is 10.1. The van der Waals surface area contributed by atoms with E-state index in [9.17, 15) is 28.8 Å². The second-order valence-corrected chi connectivity index (χ2v) is 16.9. The molecule has 0 spiro atoms. The monoisotopic (exact) mass is 865 g/mol. The van der Waals surface area contributed by atoms with Gasteiger partial charge in [-0.25, -0.2) is 18.5 Å². The molecule has 1 amide bonds. The zero-order chi connectivity index (χ0) is 41.7. The summed E-state index contributed by atoms with van der Waals surface area (Å²) in [5.74, 6) is -0.822. The number of ketones is 1. The maximum Gasteiger partial charge on any atom is 0.530 e. The van der Waals surface area contributed by atoms with E-state index < -0.39 is 73.1 Å². The van der Waals surface area contributed by atoms with Gasteiger partial charge in [-0.1, -0.05) is 79.2 Å². The van der Waals surface area contributed by atoms with Crippen molar-refractivity contribution >= 4 is 48.7 Å². The van der Waals surface area contributed by atoms with Crippen LogP contribution in [-0.2, 0) is 24.8 Å². The first kappa shape index (κ1) is 42.1. The van der Waals surface area contributed by atoms with Gasteiger partial charge in [0, 0.05) is 35.2 Å². The van der Waals surface area contributed by atoms with Gasteiger partial charge >= 0.3 is 19.2 Å². The number of thioether (sulfide) groups is 1. The summed E-state index contributed by atoms with van der Waals surface area (Å²) in [4.78, 5) is 59.4. The number of Topliss-reactive ketones (excluding diaryl/α,β-unsaturated/α-hetero) is 1. The molecule has 2 aliphatic heterocycles. The van der Waals surface area contributed by atoms with Crippen LogP contribution in [0.3, 0.4) is 0 Å². The number of hydrogen-bond acceptors (Lipinski definition) is 13. The number of aliphatic hydroxyl groups is 1. The minimum Gasteiger partial charge on any atom is -0.402 e. The van der Waals surface area contributed by atoms with Crippen molar-refractivity contribution in [1.29, 1.82) is 0 Å². The first-order valence-corrected chi connectivity index (χ1v) is 21.3. The Hall–Kier alpha value is -5.00. The van der Waals surface area contributed by atoms with Gasteiger partial charge < -0.3 is 19.7 Å².